The molecule has 0 bridgehead atoms. The number of hydrogen-bond acceptors (Lipinski definition) is 5. The smallest absolute Gasteiger partial charge is 0.269 e. The number of para-hydroxylation sites is 1. The highest BCUT2D eigenvalue weighted by Crippen LogP contribution is 2.34. The highest BCUT2D eigenvalue weighted by Gasteiger charge is 2.31. The summed E-state index contributed by atoms with van der Waals surface area (Å²) in [6, 6.07) is 21.0. The van der Waals surface area contributed by atoms with Gasteiger partial charge in [-0.05, 0) is 66.1 Å². The maximum atomic E-state index is 14.0. The zero-order valence-electron chi connectivity index (χ0n) is 21.4. The van der Waals surface area contributed by atoms with Gasteiger partial charge in [0.05, 0.1) is 17.3 Å². The van der Waals surface area contributed by atoms with Crippen LogP contribution in [0.2, 0.25) is 0 Å². The molecule has 4 aromatic carbocycles. The highest BCUT2D eigenvalue weighted by atomic mass is 19.2. The lowest BCUT2D eigenvalue weighted by Crippen LogP contribution is -2.44. The number of nitrogens with zero attached hydrogens (tertiary/aromatic N) is 1. The van der Waals surface area contributed by atoms with Crippen molar-refractivity contribution in [3.8, 4) is 11.5 Å². The second-order valence-electron chi connectivity index (χ2n) is 9.55. The van der Waals surface area contributed by atoms with E-state index in [9.17, 15) is 22.8 Å². The van der Waals surface area contributed by atoms with E-state index in [-0.39, 0.29) is 13.2 Å². The number of hydrogen-bond donors (Lipinski definition) is 2. The van der Waals surface area contributed by atoms with Crippen molar-refractivity contribution >= 4 is 23.2 Å². The number of benzene rings is 4. The van der Waals surface area contributed by atoms with Crippen LogP contribution in [0.5, 0.6) is 11.5 Å². The van der Waals surface area contributed by atoms with E-state index in [0.717, 1.165) is 12.1 Å². The molecule has 2 heterocycles. The third-order valence-corrected chi connectivity index (χ3v) is 6.88. The molecular formula is C31H22F3N3O4. The van der Waals surface area contributed by atoms with Gasteiger partial charge in [0.2, 0.25) is 18.9 Å². The van der Waals surface area contributed by atoms with Gasteiger partial charge in [-0.3, -0.25) is 9.59 Å². The highest BCUT2D eigenvalue weighted by molar-refractivity contribution is 6.20. The monoisotopic (exact) mass is 557 g/mol. The molecule has 0 spiro atoms. The summed E-state index contributed by atoms with van der Waals surface area (Å²) in [5.41, 5.74) is 2.97. The number of nitrogens with one attached hydrogen (secondary N) is 2. The van der Waals surface area contributed by atoms with Gasteiger partial charge in [0.15, 0.2) is 23.1 Å². The average Bonchev–Trinajstić information content (AvgIpc) is 3.39. The molecule has 0 saturated heterocycles. The molecular weight excluding hydrogens is 535 g/mol. The van der Waals surface area contributed by atoms with Gasteiger partial charge in [0.1, 0.15) is 5.82 Å². The SMILES string of the molecule is O=C1Nc2ccccc2C(c2ccc3c(c2)OCO3)=NC1NC(=O)C(Cc1ccc(F)c(F)c1)c1ccc(F)cc1. The molecule has 6 rings (SSSR count). The number of aliphatic imine (C=N–C) groups is 1. The predicted molar refractivity (Wildman–Crippen MR) is 144 cm³/mol. The first-order valence-corrected chi connectivity index (χ1v) is 12.7. The van der Waals surface area contributed by atoms with Gasteiger partial charge in [-0.15, -0.1) is 0 Å². The fourth-order valence-corrected chi connectivity index (χ4v) is 4.82. The topological polar surface area (TPSA) is 89.0 Å². The molecule has 7 nitrogen and oxygen atoms in total. The van der Waals surface area contributed by atoms with E-state index in [1.54, 1.807) is 42.5 Å². The van der Waals surface area contributed by atoms with Crippen molar-refractivity contribution in [1.82, 2.24) is 5.32 Å². The first-order valence-electron chi connectivity index (χ1n) is 12.7. The van der Waals surface area contributed by atoms with Crippen LogP contribution in [0.15, 0.2) is 89.9 Å². The predicted octanol–water partition coefficient (Wildman–Crippen LogP) is 5.09. The van der Waals surface area contributed by atoms with Crippen LogP contribution in [0.4, 0.5) is 18.9 Å². The molecule has 2 amide bonds. The number of carbonyl (C=O) groups is 2. The second-order valence-corrected chi connectivity index (χ2v) is 9.55. The summed E-state index contributed by atoms with van der Waals surface area (Å²) in [6.45, 7) is 0.0866. The van der Waals surface area contributed by atoms with Crippen LogP contribution in [0, 0.1) is 17.5 Å². The number of ether oxygens (including phenoxy) is 2. The molecule has 2 aliphatic rings. The lowest BCUT2D eigenvalue weighted by atomic mass is 9.91. The Morgan fingerprint density at radius 2 is 1.71 bits per heavy atom. The number of fused-ring (bicyclic) bond motifs is 2. The standard InChI is InChI=1S/C31H22F3N3O4/c32-20-9-6-18(7-10-20)22(13-17-5-11-23(33)24(34)14-17)30(38)37-29-31(39)35-25-4-2-1-3-21(25)28(36-29)19-8-12-26-27(15-19)41-16-40-26/h1-12,14-15,22,29H,13,16H2,(H,35,39)(H,37,38). The summed E-state index contributed by atoms with van der Waals surface area (Å²) in [5.74, 6) is -3.63. The second kappa shape index (κ2) is 10.8. The summed E-state index contributed by atoms with van der Waals surface area (Å²) in [7, 11) is 0. The summed E-state index contributed by atoms with van der Waals surface area (Å²) >= 11 is 0. The van der Waals surface area contributed by atoms with Crippen molar-refractivity contribution in [2.45, 2.75) is 18.5 Å². The molecule has 2 unspecified atom stereocenters. The molecule has 206 valence electrons. The van der Waals surface area contributed by atoms with Crippen LogP contribution in [-0.4, -0.2) is 30.5 Å². The Bertz CT molecular complexity index is 1690. The molecule has 0 saturated carbocycles. The Labute approximate surface area is 232 Å². The zero-order chi connectivity index (χ0) is 28.5. The van der Waals surface area contributed by atoms with Crippen molar-refractivity contribution in [2.75, 3.05) is 12.1 Å². The summed E-state index contributed by atoms with van der Waals surface area (Å²) in [5, 5.41) is 5.51. The molecule has 0 aromatic heterocycles. The van der Waals surface area contributed by atoms with Gasteiger partial charge < -0.3 is 20.1 Å². The number of carbonyl (C=O) groups excluding carboxylic acids is 2. The van der Waals surface area contributed by atoms with Gasteiger partial charge in [-0.2, -0.15) is 0 Å². The van der Waals surface area contributed by atoms with E-state index in [1.807, 2.05) is 0 Å². The zero-order valence-corrected chi connectivity index (χ0v) is 21.4. The van der Waals surface area contributed by atoms with E-state index in [4.69, 9.17) is 9.47 Å². The molecule has 2 aliphatic heterocycles. The first-order chi connectivity index (χ1) is 19.9. The van der Waals surface area contributed by atoms with E-state index >= 15 is 0 Å². The minimum absolute atomic E-state index is 0.0397. The van der Waals surface area contributed by atoms with Crippen molar-refractivity contribution in [3.63, 3.8) is 0 Å². The third-order valence-electron chi connectivity index (χ3n) is 6.88. The molecule has 4 aromatic rings. The lowest BCUT2D eigenvalue weighted by molar-refractivity contribution is -0.127. The molecule has 10 heteroatoms. The van der Waals surface area contributed by atoms with Gasteiger partial charge in [-0.25, -0.2) is 18.2 Å². The van der Waals surface area contributed by atoms with Crippen molar-refractivity contribution < 1.29 is 32.2 Å². The number of rotatable bonds is 6. The van der Waals surface area contributed by atoms with Crippen molar-refractivity contribution in [3.05, 3.63) is 125 Å². The Morgan fingerprint density at radius 3 is 2.51 bits per heavy atom. The van der Waals surface area contributed by atoms with Crippen molar-refractivity contribution in [1.29, 1.82) is 0 Å². The van der Waals surface area contributed by atoms with E-state index < -0.39 is 41.3 Å². The fourth-order valence-electron chi connectivity index (χ4n) is 4.82. The lowest BCUT2D eigenvalue weighted by Gasteiger charge is -2.20. The number of halogens is 3. The number of benzodiazepines with no additional fused rings is 1. The van der Waals surface area contributed by atoms with Crippen LogP contribution >= 0.6 is 0 Å². The van der Waals surface area contributed by atoms with Crippen molar-refractivity contribution in [2.24, 2.45) is 4.99 Å². The van der Waals surface area contributed by atoms with E-state index in [2.05, 4.69) is 15.6 Å². The largest absolute Gasteiger partial charge is 0.454 e. The Kier molecular flexibility index (Phi) is 6.88. The van der Waals surface area contributed by atoms with Gasteiger partial charge in [-0.1, -0.05) is 36.4 Å². The Balaban J connectivity index is 1.36. The maximum Gasteiger partial charge on any atom is 0.269 e. The van der Waals surface area contributed by atoms with Gasteiger partial charge in [0.25, 0.3) is 5.91 Å². The normalized spacial score (nSPS) is 16.2. The Morgan fingerprint density at radius 1 is 0.927 bits per heavy atom. The number of anilines is 1. The van der Waals surface area contributed by atoms with Gasteiger partial charge >= 0.3 is 0 Å². The van der Waals surface area contributed by atoms with Crippen LogP contribution in [0.25, 0.3) is 0 Å². The van der Waals surface area contributed by atoms with Crippen LogP contribution in [0.3, 0.4) is 0 Å². The molecule has 0 radical (unpaired) electrons. The van der Waals surface area contributed by atoms with Crippen LogP contribution in [0.1, 0.15) is 28.2 Å². The molecule has 2 N–H and O–H groups in total. The van der Waals surface area contributed by atoms with E-state index in [0.29, 0.717) is 45.2 Å². The average molecular weight is 558 g/mol. The quantitative estimate of drug-likeness (QED) is 0.346. The molecule has 0 fully saturated rings. The Hall–Kier alpha value is -5.12. The molecule has 2 atom stereocenters. The minimum Gasteiger partial charge on any atom is -0.454 e. The third kappa shape index (κ3) is 5.36. The minimum atomic E-state index is -1.34. The number of amides is 2. The molecule has 41 heavy (non-hydrogen) atoms. The van der Waals surface area contributed by atoms with E-state index in [1.165, 1.54) is 30.3 Å². The maximum absolute atomic E-state index is 14.0. The summed E-state index contributed by atoms with van der Waals surface area (Å²) < 4.78 is 52.1. The van der Waals surface area contributed by atoms with Crippen LogP contribution in [-0.2, 0) is 16.0 Å². The fraction of sp³-hybridized carbons (Fsp3) is 0.129. The first kappa shape index (κ1) is 26.1. The van der Waals surface area contributed by atoms with Gasteiger partial charge in [0, 0.05) is 11.1 Å². The van der Waals surface area contributed by atoms with Crippen LogP contribution < -0.4 is 20.1 Å². The molecule has 0 aliphatic carbocycles. The summed E-state index contributed by atoms with van der Waals surface area (Å²) in [6.07, 6.45) is -1.38. The summed E-state index contributed by atoms with van der Waals surface area (Å²) in [4.78, 5) is 31.7.